The van der Waals surface area contributed by atoms with Crippen LogP contribution in [0.3, 0.4) is 0 Å². The highest BCUT2D eigenvalue weighted by atomic mass is 19.1. The Balaban J connectivity index is 2.62. The van der Waals surface area contributed by atoms with Crippen molar-refractivity contribution in [2.75, 3.05) is 6.54 Å². The van der Waals surface area contributed by atoms with Crippen molar-refractivity contribution in [2.24, 2.45) is 0 Å². The summed E-state index contributed by atoms with van der Waals surface area (Å²) in [6, 6.07) is 6.09. The lowest BCUT2D eigenvalue weighted by Crippen LogP contribution is -2.25. The third kappa shape index (κ3) is 3.80. The summed E-state index contributed by atoms with van der Waals surface area (Å²) in [5, 5.41) is 12.4. The summed E-state index contributed by atoms with van der Waals surface area (Å²) in [6.07, 6.45) is 0.360. The van der Waals surface area contributed by atoms with Crippen molar-refractivity contribution in [2.45, 2.75) is 19.4 Å². The van der Waals surface area contributed by atoms with Crippen LogP contribution in [0.2, 0.25) is 0 Å². The second kappa shape index (κ2) is 6.84. The van der Waals surface area contributed by atoms with Gasteiger partial charge < -0.3 is 10.4 Å². The molecule has 2 rings (SSSR count). The Hall–Kier alpha value is -2.67. The summed E-state index contributed by atoms with van der Waals surface area (Å²) in [5.74, 6) is -1.84. The topological polar surface area (TPSA) is 79.3 Å². The van der Waals surface area contributed by atoms with Crippen molar-refractivity contribution in [1.82, 2.24) is 10.3 Å². The van der Waals surface area contributed by atoms with E-state index in [0.717, 1.165) is 18.2 Å². The number of carbonyl (C=O) groups is 2. The fraction of sp³-hybridized carbons (Fsp3) is 0.235. The standard InChI is InChI=1S/C17H16F2N2O3/c1-17(2,24)12-7-13(14(23)8-20-9-22)21-16(15(12)19)10-3-5-11(18)6-4-10/h3-7,9,24H,8H2,1-2H3,(H,20,22). The van der Waals surface area contributed by atoms with Crippen LogP contribution in [-0.2, 0) is 10.4 Å². The maximum absolute atomic E-state index is 14.8. The van der Waals surface area contributed by atoms with E-state index >= 15 is 0 Å². The molecule has 0 unspecified atom stereocenters. The molecule has 7 heteroatoms. The number of nitrogens with one attached hydrogen (secondary N) is 1. The van der Waals surface area contributed by atoms with E-state index in [0.29, 0.717) is 6.41 Å². The minimum absolute atomic E-state index is 0.109. The lowest BCUT2D eigenvalue weighted by molar-refractivity contribution is -0.109. The van der Waals surface area contributed by atoms with Crippen molar-refractivity contribution in [1.29, 1.82) is 0 Å². The van der Waals surface area contributed by atoms with Gasteiger partial charge >= 0.3 is 0 Å². The van der Waals surface area contributed by atoms with E-state index < -0.39 is 23.0 Å². The minimum atomic E-state index is -1.56. The summed E-state index contributed by atoms with van der Waals surface area (Å²) in [5.41, 5.74) is -1.70. The molecule has 0 aliphatic carbocycles. The Labute approximate surface area is 137 Å². The molecular weight excluding hydrogens is 318 g/mol. The number of benzene rings is 1. The number of halogens is 2. The van der Waals surface area contributed by atoms with Crippen LogP contribution in [0.25, 0.3) is 11.3 Å². The zero-order valence-electron chi connectivity index (χ0n) is 13.1. The number of rotatable bonds is 6. The van der Waals surface area contributed by atoms with Crippen LogP contribution < -0.4 is 5.32 Å². The average Bonchev–Trinajstić information content (AvgIpc) is 2.52. The van der Waals surface area contributed by atoms with Crippen molar-refractivity contribution < 1.29 is 23.5 Å². The lowest BCUT2D eigenvalue weighted by Gasteiger charge is -2.21. The van der Waals surface area contributed by atoms with Gasteiger partial charge in [-0.15, -0.1) is 0 Å². The van der Waals surface area contributed by atoms with Crippen molar-refractivity contribution >= 4 is 12.2 Å². The third-order valence-corrected chi connectivity index (χ3v) is 3.37. The number of hydrogen-bond acceptors (Lipinski definition) is 4. The van der Waals surface area contributed by atoms with Crippen molar-refractivity contribution in [3.05, 3.63) is 53.2 Å². The minimum Gasteiger partial charge on any atom is -0.386 e. The zero-order valence-corrected chi connectivity index (χ0v) is 13.1. The van der Waals surface area contributed by atoms with Crippen LogP contribution in [-0.4, -0.2) is 28.8 Å². The summed E-state index contributed by atoms with van der Waals surface area (Å²) in [6.45, 7) is 2.44. The Bertz CT molecular complexity index is 769. The molecule has 0 spiro atoms. The molecule has 0 saturated carbocycles. The largest absolute Gasteiger partial charge is 0.386 e. The van der Waals surface area contributed by atoms with Crippen LogP contribution in [0.4, 0.5) is 8.78 Å². The van der Waals surface area contributed by atoms with Gasteiger partial charge in [0.25, 0.3) is 0 Å². The summed E-state index contributed by atoms with van der Waals surface area (Å²) >= 11 is 0. The number of ketones is 1. The monoisotopic (exact) mass is 334 g/mol. The van der Waals surface area contributed by atoms with Crippen molar-refractivity contribution in [3.63, 3.8) is 0 Å². The number of pyridine rings is 1. The highest BCUT2D eigenvalue weighted by molar-refractivity contribution is 5.97. The number of hydrogen-bond donors (Lipinski definition) is 2. The molecule has 2 aromatic rings. The van der Waals surface area contributed by atoms with Crippen LogP contribution in [0.15, 0.2) is 30.3 Å². The number of amides is 1. The Morgan fingerprint density at radius 3 is 2.46 bits per heavy atom. The number of nitrogens with zero attached hydrogens (tertiary/aromatic N) is 1. The molecule has 0 saturated heterocycles. The van der Waals surface area contributed by atoms with Crippen molar-refractivity contribution in [3.8, 4) is 11.3 Å². The van der Waals surface area contributed by atoms with Gasteiger partial charge in [-0.25, -0.2) is 13.8 Å². The Morgan fingerprint density at radius 1 is 1.29 bits per heavy atom. The first kappa shape index (κ1) is 17.7. The highest BCUT2D eigenvalue weighted by Gasteiger charge is 2.26. The van der Waals surface area contributed by atoms with Crippen LogP contribution in [0.1, 0.15) is 29.9 Å². The van der Waals surface area contributed by atoms with Crippen LogP contribution in [0.5, 0.6) is 0 Å². The van der Waals surface area contributed by atoms with Crippen LogP contribution >= 0.6 is 0 Å². The Morgan fingerprint density at radius 2 is 1.92 bits per heavy atom. The number of carbonyl (C=O) groups excluding carboxylic acids is 2. The quantitative estimate of drug-likeness (QED) is 0.627. The van der Waals surface area contributed by atoms with Gasteiger partial charge in [-0.2, -0.15) is 0 Å². The highest BCUT2D eigenvalue weighted by Crippen LogP contribution is 2.30. The first-order chi connectivity index (χ1) is 11.2. The summed E-state index contributed by atoms with van der Waals surface area (Å²) in [4.78, 5) is 26.4. The molecular formula is C17H16F2N2O3. The summed E-state index contributed by atoms with van der Waals surface area (Å²) < 4.78 is 27.8. The first-order valence-corrected chi connectivity index (χ1v) is 7.13. The molecule has 1 heterocycles. The number of Topliss-reactive ketones (excluding diaryl/α,β-unsaturated/α-hetero) is 1. The van der Waals surface area contributed by atoms with Gasteiger partial charge in [0.2, 0.25) is 6.41 Å². The van der Waals surface area contributed by atoms with Gasteiger partial charge in [-0.3, -0.25) is 9.59 Å². The normalized spacial score (nSPS) is 11.2. The van der Waals surface area contributed by atoms with E-state index in [2.05, 4.69) is 10.3 Å². The van der Waals surface area contributed by atoms with Gasteiger partial charge in [0, 0.05) is 11.1 Å². The summed E-state index contributed by atoms with van der Waals surface area (Å²) in [7, 11) is 0. The first-order valence-electron chi connectivity index (χ1n) is 7.13. The third-order valence-electron chi connectivity index (χ3n) is 3.37. The Kier molecular flexibility index (Phi) is 5.04. The smallest absolute Gasteiger partial charge is 0.207 e. The fourth-order valence-electron chi connectivity index (χ4n) is 2.14. The second-order valence-electron chi connectivity index (χ2n) is 5.71. The molecule has 1 aromatic carbocycles. The van der Waals surface area contributed by atoms with E-state index in [4.69, 9.17) is 0 Å². The second-order valence-corrected chi connectivity index (χ2v) is 5.71. The lowest BCUT2D eigenvalue weighted by atomic mass is 9.94. The predicted molar refractivity (Wildman–Crippen MR) is 83.2 cm³/mol. The predicted octanol–water partition coefficient (Wildman–Crippen LogP) is 2.18. The molecule has 0 aliphatic heterocycles. The van der Waals surface area contributed by atoms with E-state index in [1.165, 1.54) is 26.0 Å². The van der Waals surface area contributed by atoms with E-state index in [1.54, 1.807) is 0 Å². The van der Waals surface area contributed by atoms with Gasteiger partial charge in [0.1, 0.15) is 17.2 Å². The SMILES string of the molecule is CC(C)(O)c1cc(C(=O)CNC=O)nc(-c2ccc(F)cc2)c1F. The molecule has 0 radical (unpaired) electrons. The number of aromatic nitrogens is 1. The zero-order chi connectivity index (χ0) is 17.9. The molecule has 0 fully saturated rings. The van der Waals surface area contributed by atoms with Crippen LogP contribution in [0, 0.1) is 11.6 Å². The maximum Gasteiger partial charge on any atom is 0.207 e. The van der Waals surface area contributed by atoms with E-state index in [-0.39, 0.29) is 29.1 Å². The fourth-order valence-corrected chi connectivity index (χ4v) is 2.14. The molecule has 0 atom stereocenters. The average molecular weight is 334 g/mol. The van der Waals surface area contributed by atoms with Gasteiger partial charge in [0.05, 0.1) is 12.1 Å². The van der Waals surface area contributed by atoms with Gasteiger partial charge in [0.15, 0.2) is 11.6 Å². The molecule has 0 aliphatic rings. The van der Waals surface area contributed by atoms with E-state index in [1.807, 2.05) is 0 Å². The molecule has 1 aromatic heterocycles. The number of aliphatic hydroxyl groups is 1. The molecule has 5 nitrogen and oxygen atoms in total. The molecule has 126 valence electrons. The van der Waals surface area contributed by atoms with E-state index in [9.17, 15) is 23.5 Å². The van der Waals surface area contributed by atoms with Gasteiger partial charge in [-0.1, -0.05) is 0 Å². The van der Waals surface area contributed by atoms with Gasteiger partial charge in [-0.05, 0) is 44.2 Å². The molecule has 0 bridgehead atoms. The molecule has 1 amide bonds. The maximum atomic E-state index is 14.8. The molecule has 2 N–H and O–H groups in total. The molecule has 24 heavy (non-hydrogen) atoms.